The zero-order valence-corrected chi connectivity index (χ0v) is 19.6. The Morgan fingerprint density at radius 3 is 1.67 bits per heavy atom. The van der Waals surface area contributed by atoms with Gasteiger partial charge in [-0.3, -0.25) is 0 Å². The van der Waals surface area contributed by atoms with Crippen LogP contribution < -0.4 is 9.47 Å². The van der Waals surface area contributed by atoms with Crippen molar-refractivity contribution in [2.45, 2.75) is 0 Å². The van der Waals surface area contributed by atoms with E-state index in [0.717, 1.165) is 40.0 Å². The van der Waals surface area contributed by atoms with E-state index in [2.05, 4.69) is 13.2 Å². The Kier molecular flexibility index (Phi) is 7.69. The van der Waals surface area contributed by atoms with Crippen molar-refractivity contribution in [2.24, 2.45) is 0 Å². The Morgan fingerprint density at radius 1 is 0.611 bits per heavy atom. The fraction of sp³-hybridized carbons (Fsp3) is 0. The quantitative estimate of drug-likeness (QED) is 0.116. The second kappa shape index (κ2) is 11.4. The zero-order chi connectivity index (χ0) is 25.3. The molecule has 0 fully saturated rings. The molecule has 4 heteroatoms. The highest BCUT2D eigenvalue weighted by atomic mass is 16.6. The monoisotopic (exact) mass is 472 g/mol. The van der Waals surface area contributed by atoms with Crippen LogP contribution in [0.15, 0.2) is 122 Å². The molecule has 176 valence electrons. The van der Waals surface area contributed by atoms with Crippen LogP contribution in [-0.4, -0.2) is 11.9 Å². The molecule has 0 aliphatic heterocycles. The molecule has 0 saturated heterocycles. The summed E-state index contributed by atoms with van der Waals surface area (Å²) in [6, 6.07) is 30.9. The highest BCUT2D eigenvalue weighted by Crippen LogP contribution is 2.48. The second-order valence-corrected chi connectivity index (χ2v) is 7.77. The summed E-state index contributed by atoms with van der Waals surface area (Å²) in [7, 11) is 0. The van der Waals surface area contributed by atoms with Crippen LogP contribution in [0.25, 0.3) is 34.4 Å². The van der Waals surface area contributed by atoms with Gasteiger partial charge in [-0.15, -0.1) is 0 Å². The maximum absolute atomic E-state index is 12.4. The molecule has 4 aromatic rings. The molecule has 0 saturated carbocycles. The zero-order valence-electron chi connectivity index (χ0n) is 19.6. The third-order valence-electron chi connectivity index (χ3n) is 5.40. The smallest absolute Gasteiger partial charge is 0.335 e. The van der Waals surface area contributed by atoms with E-state index in [0.29, 0.717) is 5.56 Å². The lowest BCUT2D eigenvalue weighted by Crippen LogP contribution is -2.10. The first-order valence-electron chi connectivity index (χ1n) is 11.3. The average Bonchev–Trinajstić information content (AvgIpc) is 2.93. The normalized spacial score (nSPS) is 10.6. The van der Waals surface area contributed by atoms with Crippen molar-refractivity contribution in [1.82, 2.24) is 0 Å². The lowest BCUT2D eigenvalue weighted by atomic mass is 9.88. The van der Waals surface area contributed by atoms with Crippen LogP contribution in [0.1, 0.15) is 11.1 Å². The van der Waals surface area contributed by atoms with Gasteiger partial charge in [-0.05, 0) is 28.3 Å². The predicted octanol–water partition coefficient (Wildman–Crippen LogP) is 7.37. The number of hydrogen-bond acceptors (Lipinski definition) is 4. The van der Waals surface area contributed by atoms with E-state index >= 15 is 0 Å². The fourth-order valence-electron chi connectivity index (χ4n) is 3.81. The van der Waals surface area contributed by atoms with Gasteiger partial charge in [0.1, 0.15) is 0 Å². The molecule has 0 N–H and O–H groups in total. The highest BCUT2D eigenvalue weighted by Gasteiger charge is 2.24. The van der Waals surface area contributed by atoms with Crippen LogP contribution >= 0.6 is 0 Å². The summed E-state index contributed by atoms with van der Waals surface area (Å²) in [6.45, 7) is 7.01. The number of hydrogen-bond donors (Lipinski definition) is 0. The lowest BCUT2D eigenvalue weighted by Gasteiger charge is -2.21. The van der Waals surface area contributed by atoms with Crippen LogP contribution in [0, 0.1) is 0 Å². The van der Waals surface area contributed by atoms with E-state index in [4.69, 9.17) is 9.47 Å². The molecule has 0 bridgehead atoms. The summed E-state index contributed by atoms with van der Waals surface area (Å²) in [5.74, 6) is -1.12. The van der Waals surface area contributed by atoms with Crippen molar-refractivity contribution in [2.75, 3.05) is 0 Å². The summed E-state index contributed by atoms with van der Waals surface area (Å²) in [6.07, 6.45) is 6.06. The minimum Gasteiger partial charge on any atom is -0.419 e. The van der Waals surface area contributed by atoms with Crippen LogP contribution in [0.4, 0.5) is 0 Å². The number of ether oxygens (including phenoxy) is 2. The summed E-state index contributed by atoms with van der Waals surface area (Å²) in [4.78, 5) is 24.7. The highest BCUT2D eigenvalue weighted by molar-refractivity contribution is 5.99. The third kappa shape index (κ3) is 5.57. The van der Waals surface area contributed by atoms with Gasteiger partial charge in [-0.2, -0.15) is 0 Å². The topological polar surface area (TPSA) is 52.6 Å². The van der Waals surface area contributed by atoms with Gasteiger partial charge in [0.05, 0.1) is 0 Å². The van der Waals surface area contributed by atoms with Gasteiger partial charge in [-0.1, -0.05) is 116 Å². The number of carbonyl (C=O) groups is 2. The van der Waals surface area contributed by atoms with Crippen molar-refractivity contribution in [1.29, 1.82) is 0 Å². The number of carbonyl (C=O) groups excluding carboxylic acids is 2. The molecule has 0 aliphatic carbocycles. The third-order valence-corrected chi connectivity index (χ3v) is 5.40. The van der Waals surface area contributed by atoms with Gasteiger partial charge in [0, 0.05) is 23.3 Å². The Morgan fingerprint density at radius 2 is 1.11 bits per heavy atom. The molecular formula is C32H24O4. The first-order valence-corrected chi connectivity index (χ1v) is 11.3. The van der Waals surface area contributed by atoms with E-state index in [9.17, 15) is 9.59 Å². The molecule has 0 atom stereocenters. The van der Waals surface area contributed by atoms with E-state index in [1.807, 2.05) is 103 Å². The molecular weight excluding hydrogens is 448 g/mol. The van der Waals surface area contributed by atoms with Crippen LogP contribution in [0.5, 0.6) is 11.5 Å². The van der Waals surface area contributed by atoms with E-state index < -0.39 is 11.9 Å². The molecule has 36 heavy (non-hydrogen) atoms. The molecule has 0 unspecified atom stereocenters. The van der Waals surface area contributed by atoms with E-state index in [-0.39, 0.29) is 11.5 Å². The van der Waals surface area contributed by atoms with Gasteiger partial charge in [0.2, 0.25) is 0 Å². The maximum Gasteiger partial charge on any atom is 0.335 e. The van der Waals surface area contributed by atoms with Crippen molar-refractivity contribution in [3.63, 3.8) is 0 Å². The predicted molar refractivity (Wildman–Crippen MR) is 144 cm³/mol. The van der Waals surface area contributed by atoms with Gasteiger partial charge in [-0.25, -0.2) is 9.59 Å². The Balaban J connectivity index is 2.09. The van der Waals surface area contributed by atoms with E-state index in [1.165, 1.54) is 0 Å². The molecule has 4 nitrogen and oxygen atoms in total. The number of rotatable bonds is 8. The van der Waals surface area contributed by atoms with Crippen molar-refractivity contribution >= 4 is 24.1 Å². The summed E-state index contributed by atoms with van der Waals surface area (Å²) in [5, 5.41) is 0. The molecule has 0 amide bonds. The molecule has 0 aromatic heterocycles. The fourth-order valence-corrected chi connectivity index (χ4v) is 3.81. The average molecular weight is 473 g/mol. The van der Waals surface area contributed by atoms with Crippen LogP contribution in [-0.2, 0) is 9.59 Å². The van der Waals surface area contributed by atoms with Gasteiger partial charge < -0.3 is 9.47 Å². The first-order chi connectivity index (χ1) is 17.6. The largest absolute Gasteiger partial charge is 0.419 e. The van der Waals surface area contributed by atoms with Gasteiger partial charge in [0.25, 0.3) is 0 Å². The Labute approximate surface area is 210 Å². The van der Waals surface area contributed by atoms with Gasteiger partial charge >= 0.3 is 11.9 Å². The maximum atomic E-state index is 12.4. The number of benzene rings is 4. The molecule has 4 rings (SSSR count). The molecule has 0 radical (unpaired) electrons. The van der Waals surface area contributed by atoms with Gasteiger partial charge in [0.15, 0.2) is 11.5 Å². The Bertz CT molecular complexity index is 1420. The van der Waals surface area contributed by atoms with Crippen molar-refractivity contribution in [3.8, 4) is 33.8 Å². The second-order valence-electron chi connectivity index (χ2n) is 7.77. The van der Waals surface area contributed by atoms with Crippen molar-refractivity contribution < 1.29 is 19.1 Å². The van der Waals surface area contributed by atoms with E-state index in [1.54, 1.807) is 6.07 Å². The minimum absolute atomic E-state index is 0.0985. The minimum atomic E-state index is -0.672. The summed E-state index contributed by atoms with van der Waals surface area (Å²) < 4.78 is 11.3. The lowest BCUT2D eigenvalue weighted by molar-refractivity contribution is -0.131. The summed E-state index contributed by atoms with van der Waals surface area (Å²) >= 11 is 0. The molecule has 4 aromatic carbocycles. The molecule has 0 heterocycles. The molecule has 0 aliphatic rings. The van der Waals surface area contributed by atoms with Crippen LogP contribution in [0.2, 0.25) is 0 Å². The summed E-state index contributed by atoms with van der Waals surface area (Å²) in [5.41, 5.74) is 4.90. The molecule has 0 spiro atoms. The van der Waals surface area contributed by atoms with Crippen molar-refractivity contribution in [3.05, 3.63) is 133 Å². The standard InChI is InChI=1S/C32H24O4/c1-3-28(33)35-27-22-26(21-20-23-14-8-5-9-15-23)30(24-16-10-6-11-17-24)31(25-18-12-7-13-19-25)32(27)36-29(34)4-2/h3-22H,1-2H2. The first kappa shape index (κ1) is 24.2. The number of esters is 2. The van der Waals surface area contributed by atoms with Crippen LogP contribution in [0.3, 0.4) is 0 Å². The SMILES string of the molecule is C=CC(=O)Oc1cc(C=Cc2ccccc2)c(-c2ccccc2)c(-c2ccccc2)c1OC(=O)C=C. The Hall–Kier alpha value is -4.96.